The molecule has 0 N–H and O–H groups in total. The van der Waals surface area contributed by atoms with E-state index in [1.54, 1.807) is 0 Å². The van der Waals surface area contributed by atoms with Gasteiger partial charge in [0.2, 0.25) is 0 Å². The Bertz CT molecular complexity index is 1100. The summed E-state index contributed by atoms with van der Waals surface area (Å²) >= 11 is 0. The lowest BCUT2D eigenvalue weighted by molar-refractivity contribution is 0.0101. The summed E-state index contributed by atoms with van der Waals surface area (Å²) in [7, 11) is 0. The van der Waals surface area contributed by atoms with Crippen molar-refractivity contribution in [1.29, 1.82) is 0 Å². The van der Waals surface area contributed by atoms with Crippen LogP contribution in [0.2, 0.25) is 0 Å². The lowest BCUT2D eigenvalue weighted by Crippen LogP contribution is -2.50. The van der Waals surface area contributed by atoms with Crippen molar-refractivity contribution in [1.82, 2.24) is 9.80 Å². The van der Waals surface area contributed by atoms with E-state index in [4.69, 9.17) is 14.3 Å². The van der Waals surface area contributed by atoms with Crippen LogP contribution in [-0.4, -0.2) is 93.8 Å². The summed E-state index contributed by atoms with van der Waals surface area (Å²) in [5.74, 6) is 1.10. The highest BCUT2D eigenvalue weighted by atomic mass is 16.6. The summed E-state index contributed by atoms with van der Waals surface area (Å²) in [4.78, 5) is 13.5. The van der Waals surface area contributed by atoms with Gasteiger partial charge < -0.3 is 19.2 Å². The van der Waals surface area contributed by atoms with Gasteiger partial charge in [0.15, 0.2) is 6.10 Å². The van der Waals surface area contributed by atoms with Gasteiger partial charge in [-0.05, 0) is 30.7 Å². The Morgan fingerprint density at radius 2 is 1.75 bits per heavy atom. The molecular weight excluding hydrogens is 452 g/mol. The maximum Gasteiger partial charge on any atom is 0.151 e. The molecule has 2 unspecified atom stereocenters. The van der Waals surface area contributed by atoms with Gasteiger partial charge in [0.25, 0.3) is 0 Å². The van der Waals surface area contributed by atoms with Crippen molar-refractivity contribution in [2.45, 2.75) is 13.0 Å². The summed E-state index contributed by atoms with van der Waals surface area (Å²) in [6.45, 7) is 12.4. The van der Waals surface area contributed by atoms with Crippen molar-refractivity contribution < 1.29 is 14.3 Å². The van der Waals surface area contributed by atoms with Crippen LogP contribution in [0.15, 0.2) is 59.3 Å². The Morgan fingerprint density at radius 3 is 2.56 bits per heavy atom. The van der Waals surface area contributed by atoms with Gasteiger partial charge in [0, 0.05) is 63.6 Å². The van der Waals surface area contributed by atoms with Crippen LogP contribution in [0, 0.1) is 5.92 Å². The molecule has 0 bridgehead atoms. The number of fused-ring (bicyclic) bond motifs is 3. The molecule has 2 fully saturated rings. The molecule has 0 aliphatic carbocycles. The number of hydrogen-bond donors (Lipinski definition) is 0. The number of nitrogens with zero attached hydrogens (tertiary/aromatic N) is 4. The number of oxime groups is 1. The molecule has 2 saturated heterocycles. The molecule has 0 amide bonds. The molecule has 0 radical (unpaired) electrons. The Morgan fingerprint density at radius 1 is 0.972 bits per heavy atom. The number of piperazine rings is 1. The smallest absolute Gasteiger partial charge is 0.151 e. The molecule has 2 aromatic carbocycles. The van der Waals surface area contributed by atoms with Gasteiger partial charge in [0.05, 0.1) is 19.1 Å². The van der Waals surface area contributed by atoms with Crippen molar-refractivity contribution in [3.8, 4) is 5.75 Å². The second-order valence-electron chi connectivity index (χ2n) is 10.3. The largest absolute Gasteiger partial charge is 0.492 e. The highest BCUT2D eigenvalue weighted by molar-refractivity contribution is 6.06. The fraction of sp³-hybridized carbons (Fsp3) is 0.483. The number of hydrogen-bond acceptors (Lipinski definition) is 7. The topological polar surface area (TPSA) is 49.8 Å². The molecule has 36 heavy (non-hydrogen) atoms. The highest BCUT2D eigenvalue weighted by Gasteiger charge is 2.41. The molecule has 4 aliphatic heterocycles. The van der Waals surface area contributed by atoms with Gasteiger partial charge in [0.1, 0.15) is 18.1 Å². The molecule has 0 spiro atoms. The molecular formula is C29H36N4O3. The van der Waals surface area contributed by atoms with Crippen LogP contribution in [0.1, 0.15) is 18.1 Å². The van der Waals surface area contributed by atoms with Gasteiger partial charge in [-0.1, -0.05) is 47.1 Å². The molecule has 2 atom stereocenters. The summed E-state index contributed by atoms with van der Waals surface area (Å²) in [5, 5.41) is 4.58. The number of ether oxygens (including phenoxy) is 2. The van der Waals surface area contributed by atoms with Crippen LogP contribution >= 0.6 is 0 Å². The van der Waals surface area contributed by atoms with Crippen molar-refractivity contribution in [3.63, 3.8) is 0 Å². The van der Waals surface area contributed by atoms with Gasteiger partial charge in [-0.3, -0.25) is 9.80 Å². The fourth-order valence-corrected chi connectivity index (χ4v) is 5.70. The molecule has 4 heterocycles. The first kappa shape index (κ1) is 23.5. The molecule has 2 aromatic rings. The average molecular weight is 489 g/mol. The third-order valence-corrected chi connectivity index (χ3v) is 7.71. The molecule has 0 aromatic heterocycles. The van der Waals surface area contributed by atoms with Crippen LogP contribution in [0.5, 0.6) is 5.75 Å². The summed E-state index contributed by atoms with van der Waals surface area (Å²) < 4.78 is 11.7. The Labute approximate surface area is 213 Å². The van der Waals surface area contributed by atoms with E-state index in [1.165, 1.54) is 16.8 Å². The summed E-state index contributed by atoms with van der Waals surface area (Å²) in [6.07, 6.45) is 2.34. The monoisotopic (exact) mass is 488 g/mol. The minimum atomic E-state index is 0.0476. The maximum atomic E-state index is 6.17. The van der Waals surface area contributed by atoms with Crippen LogP contribution in [-0.2, 0) is 9.57 Å². The van der Waals surface area contributed by atoms with E-state index in [0.717, 1.165) is 82.6 Å². The first-order chi connectivity index (χ1) is 17.7. The van der Waals surface area contributed by atoms with E-state index in [1.807, 2.05) is 0 Å². The predicted molar refractivity (Wildman–Crippen MR) is 143 cm³/mol. The Hall–Kier alpha value is -2.87. The zero-order valence-corrected chi connectivity index (χ0v) is 21.1. The molecule has 7 heteroatoms. The van der Waals surface area contributed by atoms with Crippen molar-refractivity contribution in [3.05, 3.63) is 65.2 Å². The van der Waals surface area contributed by atoms with Gasteiger partial charge in [-0.2, -0.15) is 0 Å². The summed E-state index contributed by atoms with van der Waals surface area (Å²) in [5.41, 5.74) is 6.03. The number of rotatable bonds is 6. The van der Waals surface area contributed by atoms with Crippen molar-refractivity contribution in [2.24, 2.45) is 11.1 Å². The van der Waals surface area contributed by atoms with Crippen molar-refractivity contribution >= 4 is 17.5 Å². The first-order valence-electron chi connectivity index (χ1n) is 13.2. The fourth-order valence-electron chi connectivity index (χ4n) is 5.70. The van der Waals surface area contributed by atoms with Crippen LogP contribution in [0.4, 0.5) is 5.69 Å². The second kappa shape index (κ2) is 10.6. The predicted octanol–water partition coefficient (Wildman–Crippen LogP) is 3.36. The van der Waals surface area contributed by atoms with E-state index in [-0.39, 0.29) is 12.0 Å². The minimum absolute atomic E-state index is 0.0476. The van der Waals surface area contributed by atoms with Gasteiger partial charge in [-0.15, -0.1) is 0 Å². The lowest BCUT2D eigenvalue weighted by Gasteiger charge is -2.36. The Kier molecular flexibility index (Phi) is 6.94. The van der Waals surface area contributed by atoms with Crippen LogP contribution in [0.3, 0.4) is 0 Å². The molecule has 7 nitrogen and oxygen atoms in total. The molecule has 6 rings (SSSR count). The van der Waals surface area contributed by atoms with E-state index in [0.29, 0.717) is 6.61 Å². The van der Waals surface area contributed by atoms with E-state index >= 15 is 0 Å². The van der Waals surface area contributed by atoms with Gasteiger partial charge >= 0.3 is 0 Å². The summed E-state index contributed by atoms with van der Waals surface area (Å²) in [6, 6.07) is 17.0. The van der Waals surface area contributed by atoms with Crippen LogP contribution < -0.4 is 9.64 Å². The third-order valence-electron chi connectivity index (χ3n) is 7.71. The quantitative estimate of drug-likeness (QED) is 0.622. The number of morpholine rings is 1. The van der Waals surface area contributed by atoms with E-state index in [9.17, 15) is 0 Å². The van der Waals surface area contributed by atoms with E-state index in [2.05, 4.69) is 81.4 Å². The maximum absolute atomic E-state index is 6.17. The van der Waals surface area contributed by atoms with Crippen molar-refractivity contribution in [2.75, 3.05) is 77.1 Å². The zero-order valence-electron chi connectivity index (χ0n) is 21.1. The van der Waals surface area contributed by atoms with Gasteiger partial charge in [-0.25, -0.2) is 0 Å². The number of anilines is 1. The average Bonchev–Trinajstić information content (AvgIpc) is 3.33. The molecule has 0 saturated carbocycles. The zero-order chi connectivity index (χ0) is 24.3. The van der Waals surface area contributed by atoms with E-state index < -0.39 is 0 Å². The number of benzene rings is 2. The Balaban J connectivity index is 1.03. The lowest BCUT2D eigenvalue weighted by atomic mass is 9.89. The normalized spacial score (nSPS) is 25.0. The molecule has 190 valence electrons. The SMILES string of the molecule is C/C(=C\c1ccccc1)CN1CCN(CC2ON=C3c4cc(N5CCOCC5)ccc4OCC32)CC1. The first-order valence-corrected chi connectivity index (χ1v) is 13.2. The molecule has 4 aliphatic rings. The third kappa shape index (κ3) is 5.14. The highest BCUT2D eigenvalue weighted by Crippen LogP contribution is 2.36. The standard InChI is InChI=1S/C29H36N4O3/c1-22(17-23-5-3-2-4-6-23)19-31-9-11-32(12-10-31)20-28-26-21-35-27-8-7-24(33-13-15-34-16-14-33)18-25(27)29(26)30-36-28/h2-8,17-18,26,28H,9-16,19-21H2,1H3/b22-17+. The second-order valence-corrected chi connectivity index (χ2v) is 10.3. The minimum Gasteiger partial charge on any atom is -0.492 e. The van der Waals surface area contributed by atoms with Crippen LogP contribution in [0.25, 0.3) is 6.08 Å².